The zero-order chi connectivity index (χ0) is 20.1. The van der Waals surface area contributed by atoms with Crippen molar-refractivity contribution in [2.24, 2.45) is 0 Å². The first-order chi connectivity index (χ1) is 13.4. The third-order valence-corrected chi connectivity index (χ3v) is 4.89. The minimum atomic E-state index is -0.546. The van der Waals surface area contributed by atoms with Crippen molar-refractivity contribution >= 4 is 46.5 Å². The maximum atomic E-state index is 12.1. The van der Waals surface area contributed by atoms with E-state index in [1.807, 2.05) is 31.2 Å². The van der Waals surface area contributed by atoms with Crippen LogP contribution in [0.1, 0.15) is 12.5 Å². The van der Waals surface area contributed by atoms with E-state index in [0.717, 1.165) is 11.3 Å². The van der Waals surface area contributed by atoms with E-state index >= 15 is 0 Å². The summed E-state index contributed by atoms with van der Waals surface area (Å²) < 4.78 is 5.48. The van der Waals surface area contributed by atoms with Crippen molar-refractivity contribution in [2.45, 2.75) is 20.0 Å². The van der Waals surface area contributed by atoms with E-state index < -0.39 is 6.10 Å². The van der Waals surface area contributed by atoms with Crippen molar-refractivity contribution in [1.82, 2.24) is 0 Å². The average molecular weight is 399 g/mol. The number of aryl methyl sites for hydroxylation is 1. The Hall–Kier alpha value is -3.00. The van der Waals surface area contributed by atoms with Crippen molar-refractivity contribution in [3.8, 4) is 5.75 Å². The maximum absolute atomic E-state index is 12.1. The number of carbonyl (C=O) groups is 3. The zero-order valence-corrected chi connectivity index (χ0v) is 16.4. The van der Waals surface area contributed by atoms with Crippen molar-refractivity contribution in [2.75, 3.05) is 27.5 Å². The third kappa shape index (κ3) is 5.26. The highest BCUT2D eigenvalue weighted by Gasteiger charge is 2.23. The summed E-state index contributed by atoms with van der Waals surface area (Å²) in [6.07, 6.45) is -0.546. The highest BCUT2D eigenvalue weighted by molar-refractivity contribution is 8.00. The summed E-state index contributed by atoms with van der Waals surface area (Å²) in [7, 11) is 0. The largest absolute Gasteiger partial charge is 0.479 e. The van der Waals surface area contributed by atoms with Gasteiger partial charge in [-0.3, -0.25) is 14.4 Å². The Morgan fingerprint density at radius 2 is 1.75 bits per heavy atom. The molecule has 28 heavy (non-hydrogen) atoms. The van der Waals surface area contributed by atoms with Crippen molar-refractivity contribution in [3.63, 3.8) is 0 Å². The maximum Gasteiger partial charge on any atom is 0.265 e. The topological polar surface area (TPSA) is 96.5 Å². The van der Waals surface area contributed by atoms with Gasteiger partial charge in [0.05, 0.1) is 17.2 Å². The van der Waals surface area contributed by atoms with Gasteiger partial charge in [-0.2, -0.15) is 0 Å². The number of nitrogens with one attached hydrogen (secondary N) is 3. The third-order valence-electron chi connectivity index (χ3n) is 3.96. The van der Waals surface area contributed by atoms with E-state index in [9.17, 15) is 14.4 Å². The number of hydrogen-bond acceptors (Lipinski definition) is 5. The molecule has 0 aliphatic carbocycles. The Kier molecular flexibility index (Phi) is 6.20. The molecule has 0 unspecified atom stereocenters. The van der Waals surface area contributed by atoms with Gasteiger partial charge in [-0.1, -0.05) is 12.1 Å². The summed E-state index contributed by atoms with van der Waals surface area (Å²) in [5, 5.41) is 8.29. The van der Waals surface area contributed by atoms with E-state index in [-0.39, 0.29) is 29.2 Å². The molecular weight excluding hydrogens is 378 g/mol. The van der Waals surface area contributed by atoms with Gasteiger partial charge in [0, 0.05) is 11.4 Å². The molecule has 7 nitrogen and oxygen atoms in total. The number of ether oxygens (including phenoxy) is 1. The molecule has 0 spiro atoms. The lowest BCUT2D eigenvalue weighted by Crippen LogP contribution is -2.34. The number of anilines is 3. The van der Waals surface area contributed by atoms with E-state index in [0.29, 0.717) is 17.1 Å². The molecule has 3 N–H and O–H groups in total. The summed E-state index contributed by atoms with van der Waals surface area (Å²) in [6.45, 7) is 3.62. The van der Waals surface area contributed by atoms with Gasteiger partial charge in [0.15, 0.2) is 6.10 Å². The number of carbonyl (C=O) groups excluding carboxylic acids is 3. The number of amides is 3. The summed E-state index contributed by atoms with van der Waals surface area (Å²) in [5.74, 6) is 0.250. The Labute approximate surface area is 167 Å². The van der Waals surface area contributed by atoms with Gasteiger partial charge in [-0.05, 0) is 49.7 Å². The Morgan fingerprint density at radius 1 is 1.07 bits per heavy atom. The van der Waals surface area contributed by atoms with E-state index in [1.165, 1.54) is 11.8 Å². The predicted molar refractivity (Wildman–Crippen MR) is 111 cm³/mol. The molecule has 1 atom stereocenters. The van der Waals surface area contributed by atoms with Gasteiger partial charge in [0.1, 0.15) is 5.75 Å². The Morgan fingerprint density at radius 3 is 2.43 bits per heavy atom. The van der Waals surface area contributed by atoms with Gasteiger partial charge >= 0.3 is 0 Å². The molecule has 2 aromatic carbocycles. The fraction of sp³-hybridized carbons (Fsp3) is 0.250. The Balaban J connectivity index is 1.45. The number of hydrogen-bond donors (Lipinski definition) is 3. The second-order valence-electron chi connectivity index (χ2n) is 6.42. The van der Waals surface area contributed by atoms with E-state index in [2.05, 4.69) is 16.0 Å². The molecule has 146 valence electrons. The molecule has 0 fully saturated rings. The van der Waals surface area contributed by atoms with Crippen LogP contribution in [0, 0.1) is 6.92 Å². The van der Waals surface area contributed by atoms with Crippen LogP contribution in [0.5, 0.6) is 5.75 Å². The summed E-state index contributed by atoms with van der Waals surface area (Å²) >= 11 is 1.22. The van der Waals surface area contributed by atoms with Gasteiger partial charge in [0.2, 0.25) is 11.8 Å². The van der Waals surface area contributed by atoms with Crippen LogP contribution in [0.15, 0.2) is 42.5 Å². The second-order valence-corrected chi connectivity index (χ2v) is 7.40. The van der Waals surface area contributed by atoms with E-state index in [1.54, 1.807) is 25.1 Å². The molecule has 0 bridgehead atoms. The molecule has 0 saturated heterocycles. The SMILES string of the molecule is Cc1cccc(NC(=O)CSCC(=O)Nc2ccc3c(c2)NC(=O)[C@H](C)O3)c1. The minimum Gasteiger partial charge on any atom is -0.479 e. The fourth-order valence-corrected chi connectivity index (χ4v) is 3.26. The molecule has 0 aromatic heterocycles. The number of thioether (sulfide) groups is 1. The lowest BCUT2D eigenvalue weighted by molar-refractivity contribution is -0.122. The highest BCUT2D eigenvalue weighted by Crippen LogP contribution is 2.32. The fourth-order valence-electron chi connectivity index (χ4n) is 2.64. The average Bonchev–Trinajstić information content (AvgIpc) is 2.63. The first-order valence-corrected chi connectivity index (χ1v) is 9.92. The van der Waals surface area contributed by atoms with Gasteiger partial charge in [-0.25, -0.2) is 0 Å². The number of fused-ring (bicyclic) bond motifs is 1. The minimum absolute atomic E-state index is 0.137. The van der Waals surface area contributed by atoms with Crippen LogP contribution in [0.4, 0.5) is 17.1 Å². The van der Waals surface area contributed by atoms with Crippen molar-refractivity contribution < 1.29 is 19.1 Å². The van der Waals surface area contributed by atoms with E-state index in [4.69, 9.17) is 4.74 Å². The number of rotatable bonds is 6. The monoisotopic (exact) mass is 399 g/mol. The van der Waals surface area contributed by atoms with Crippen LogP contribution >= 0.6 is 11.8 Å². The summed E-state index contributed by atoms with van der Waals surface area (Å²) in [5.41, 5.74) is 2.87. The summed E-state index contributed by atoms with van der Waals surface area (Å²) in [4.78, 5) is 35.7. The molecule has 3 rings (SSSR count). The predicted octanol–water partition coefficient (Wildman–Crippen LogP) is 3.02. The molecule has 3 amide bonds. The molecule has 2 aromatic rings. The Bertz CT molecular complexity index is 916. The van der Waals surface area contributed by atoms with Crippen molar-refractivity contribution in [1.29, 1.82) is 0 Å². The van der Waals surface area contributed by atoms with Crippen LogP contribution in [0.3, 0.4) is 0 Å². The first-order valence-electron chi connectivity index (χ1n) is 8.76. The smallest absolute Gasteiger partial charge is 0.265 e. The lowest BCUT2D eigenvalue weighted by atomic mass is 10.2. The van der Waals surface area contributed by atoms with Crippen LogP contribution in [-0.2, 0) is 14.4 Å². The molecule has 8 heteroatoms. The summed E-state index contributed by atoms with van der Waals surface area (Å²) in [6, 6.07) is 12.6. The van der Waals surface area contributed by atoms with Crippen LogP contribution in [0.2, 0.25) is 0 Å². The van der Waals surface area contributed by atoms with Gasteiger partial charge in [-0.15, -0.1) is 11.8 Å². The molecule has 0 saturated carbocycles. The zero-order valence-electron chi connectivity index (χ0n) is 15.6. The quantitative estimate of drug-likeness (QED) is 0.694. The van der Waals surface area contributed by atoms with Crippen molar-refractivity contribution in [3.05, 3.63) is 48.0 Å². The van der Waals surface area contributed by atoms with Gasteiger partial charge in [0.25, 0.3) is 5.91 Å². The normalized spacial score (nSPS) is 15.1. The van der Waals surface area contributed by atoms with Gasteiger partial charge < -0.3 is 20.7 Å². The molecule has 0 radical (unpaired) electrons. The number of benzene rings is 2. The standard InChI is InChI=1S/C20H21N3O4S/c1-12-4-3-5-14(8-12)21-18(24)10-28-11-19(25)22-15-6-7-17-16(9-15)23-20(26)13(2)27-17/h3-9,13H,10-11H2,1-2H3,(H,21,24)(H,22,25)(H,23,26)/t13-/m0/s1. The van der Waals surface area contributed by atoms with Crippen LogP contribution in [-0.4, -0.2) is 35.3 Å². The van der Waals surface area contributed by atoms with Crippen LogP contribution < -0.4 is 20.7 Å². The first kappa shape index (κ1) is 19.8. The lowest BCUT2D eigenvalue weighted by Gasteiger charge is -2.23. The van der Waals surface area contributed by atoms with Crippen LogP contribution in [0.25, 0.3) is 0 Å². The molecule has 1 aliphatic heterocycles. The molecule has 1 heterocycles. The second kappa shape index (κ2) is 8.79. The molecular formula is C20H21N3O4S. The molecule has 1 aliphatic rings. The highest BCUT2D eigenvalue weighted by atomic mass is 32.2.